The molecule has 0 unspecified atom stereocenters. The summed E-state index contributed by atoms with van der Waals surface area (Å²) in [4.78, 5) is 14.8. The van der Waals surface area contributed by atoms with E-state index in [1.165, 1.54) is 6.20 Å². The Labute approximate surface area is 134 Å². The van der Waals surface area contributed by atoms with Crippen LogP contribution in [0.2, 0.25) is 0 Å². The molecule has 7 heteroatoms. The lowest BCUT2D eigenvalue weighted by Gasteiger charge is -2.15. The Kier molecular flexibility index (Phi) is 5.00. The summed E-state index contributed by atoms with van der Waals surface area (Å²) in [6, 6.07) is 6.83. The summed E-state index contributed by atoms with van der Waals surface area (Å²) >= 11 is 0. The highest BCUT2D eigenvalue weighted by Crippen LogP contribution is 2.34. The zero-order valence-corrected chi connectivity index (χ0v) is 13.5. The smallest absolute Gasteiger partial charge is 0.314 e. The molecule has 0 bridgehead atoms. The van der Waals surface area contributed by atoms with Gasteiger partial charge in [-0.15, -0.1) is 0 Å². The van der Waals surface area contributed by atoms with Gasteiger partial charge < -0.3 is 14.8 Å². The number of anilines is 2. The van der Waals surface area contributed by atoms with Crippen molar-refractivity contribution in [2.45, 2.75) is 26.9 Å². The molecule has 2 rings (SSSR count). The van der Waals surface area contributed by atoms with E-state index < -0.39 is 4.92 Å². The van der Waals surface area contributed by atoms with Crippen molar-refractivity contribution < 1.29 is 14.4 Å². The largest absolute Gasteiger partial charge is 0.493 e. The number of nitro groups is 1. The number of hydrogen-bond acceptors (Lipinski definition) is 6. The predicted molar refractivity (Wildman–Crippen MR) is 87.7 cm³/mol. The molecule has 1 aromatic carbocycles. The number of ether oxygens (including phenoxy) is 2. The first kappa shape index (κ1) is 16.5. The molecule has 0 saturated heterocycles. The fraction of sp³-hybridized carbons (Fsp3) is 0.312. The van der Waals surface area contributed by atoms with Crippen LogP contribution in [0, 0.1) is 17.0 Å². The summed E-state index contributed by atoms with van der Waals surface area (Å²) < 4.78 is 11.0. The molecular formula is C16H19N3O4. The predicted octanol–water partition coefficient (Wildman–Crippen LogP) is 3.84. The Balaban J connectivity index is 2.34. The van der Waals surface area contributed by atoms with Crippen LogP contribution in [0.5, 0.6) is 11.5 Å². The Morgan fingerprint density at radius 3 is 2.61 bits per heavy atom. The average Bonchev–Trinajstić information content (AvgIpc) is 2.48. The maximum absolute atomic E-state index is 11.2. The highest BCUT2D eigenvalue weighted by atomic mass is 16.6. The van der Waals surface area contributed by atoms with E-state index >= 15 is 0 Å². The molecular weight excluding hydrogens is 298 g/mol. The van der Waals surface area contributed by atoms with Gasteiger partial charge in [-0.05, 0) is 39.0 Å². The molecule has 23 heavy (non-hydrogen) atoms. The van der Waals surface area contributed by atoms with Crippen LogP contribution in [0.1, 0.15) is 19.4 Å². The number of pyridine rings is 1. The zero-order chi connectivity index (χ0) is 17.0. The Bertz CT molecular complexity index is 716. The van der Waals surface area contributed by atoms with Crippen LogP contribution in [0.4, 0.5) is 17.2 Å². The fourth-order valence-corrected chi connectivity index (χ4v) is 2.11. The van der Waals surface area contributed by atoms with Gasteiger partial charge in [0.05, 0.1) is 18.1 Å². The minimum absolute atomic E-state index is 0.0160. The van der Waals surface area contributed by atoms with Gasteiger partial charge in [-0.25, -0.2) is 4.98 Å². The fourth-order valence-electron chi connectivity index (χ4n) is 2.11. The molecule has 0 amide bonds. The van der Waals surface area contributed by atoms with Crippen molar-refractivity contribution in [3.63, 3.8) is 0 Å². The van der Waals surface area contributed by atoms with Crippen LogP contribution in [0.3, 0.4) is 0 Å². The molecule has 122 valence electrons. The number of aryl methyl sites for hydroxylation is 1. The highest BCUT2D eigenvalue weighted by Gasteiger charge is 2.19. The SMILES string of the molecule is COc1cc(Nc2nccc(C)c2[N+](=O)[O-])ccc1OC(C)C. The number of rotatable bonds is 6. The van der Waals surface area contributed by atoms with Crippen LogP contribution in [-0.2, 0) is 0 Å². The van der Waals surface area contributed by atoms with Crippen molar-refractivity contribution in [3.05, 3.63) is 46.1 Å². The van der Waals surface area contributed by atoms with Gasteiger partial charge in [0.25, 0.3) is 0 Å². The zero-order valence-electron chi connectivity index (χ0n) is 13.5. The Hall–Kier alpha value is -2.83. The molecule has 1 N–H and O–H groups in total. The summed E-state index contributed by atoms with van der Waals surface area (Å²) in [6.07, 6.45) is 1.54. The maximum atomic E-state index is 11.2. The number of hydrogen-bond donors (Lipinski definition) is 1. The van der Waals surface area contributed by atoms with E-state index in [2.05, 4.69) is 10.3 Å². The molecule has 0 spiro atoms. The number of benzene rings is 1. The Morgan fingerprint density at radius 1 is 1.26 bits per heavy atom. The van der Waals surface area contributed by atoms with Gasteiger partial charge in [0.15, 0.2) is 11.5 Å². The minimum atomic E-state index is -0.446. The number of nitrogens with one attached hydrogen (secondary N) is 1. The summed E-state index contributed by atoms with van der Waals surface area (Å²) in [6.45, 7) is 5.52. The van der Waals surface area contributed by atoms with Crippen LogP contribution >= 0.6 is 0 Å². The molecule has 7 nitrogen and oxygen atoms in total. The van der Waals surface area contributed by atoms with Gasteiger partial charge in [-0.2, -0.15) is 0 Å². The monoisotopic (exact) mass is 317 g/mol. The first-order chi connectivity index (χ1) is 10.9. The van der Waals surface area contributed by atoms with Gasteiger partial charge in [0, 0.05) is 23.5 Å². The van der Waals surface area contributed by atoms with Crippen molar-refractivity contribution >= 4 is 17.2 Å². The first-order valence-electron chi connectivity index (χ1n) is 7.14. The van der Waals surface area contributed by atoms with E-state index in [9.17, 15) is 10.1 Å². The first-order valence-corrected chi connectivity index (χ1v) is 7.14. The highest BCUT2D eigenvalue weighted by molar-refractivity contribution is 5.69. The van der Waals surface area contributed by atoms with Gasteiger partial charge in [-0.3, -0.25) is 10.1 Å². The van der Waals surface area contributed by atoms with Gasteiger partial charge in [-0.1, -0.05) is 0 Å². The molecule has 0 atom stereocenters. The number of methoxy groups -OCH3 is 1. The lowest BCUT2D eigenvalue weighted by Crippen LogP contribution is -2.07. The third-order valence-electron chi connectivity index (χ3n) is 3.10. The summed E-state index contributed by atoms with van der Waals surface area (Å²) in [5, 5.41) is 14.2. The van der Waals surface area contributed by atoms with Gasteiger partial charge in [0.1, 0.15) is 0 Å². The number of nitrogens with zero attached hydrogens (tertiary/aromatic N) is 2. The Morgan fingerprint density at radius 2 is 2.00 bits per heavy atom. The van der Waals surface area contributed by atoms with Crippen molar-refractivity contribution in [2.24, 2.45) is 0 Å². The van der Waals surface area contributed by atoms with E-state index in [0.29, 0.717) is 22.7 Å². The average molecular weight is 317 g/mol. The number of aromatic nitrogens is 1. The summed E-state index contributed by atoms with van der Waals surface area (Å²) in [5.41, 5.74) is 1.12. The van der Waals surface area contributed by atoms with E-state index in [4.69, 9.17) is 9.47 Å². The standard InChI is InChI=1S/C16H19N3O4/c1-10(2)23-13-6-5-12(9-14(13)22-4)18-16-15(19(20)21)11(3)7-8-17-16/h5-10H,1-4H3,(H,17,18). The molecule has 1 heterocycles. The molecule has 0 fully saturated rings. The second-order valence-corrected chi connectivity index (χ2v) is 5.24. The summed E-state index contributed by atoms with van der Waals surface area (Å²) in [7, 11) is 1.54. The van der Waals surface area contributed by atoms with Crippen molar-refractivity contribution in [2.75, 3.05) is 12.4 Å². The van der Waals surface area contributed by atoms with Crippen LogP contribution in [-0.4, -0.2) is 23.1 Å². The quantitative estimate of drug-likeness (QED) is 0.643. The van der Waals surface area contributed by atoms with Gasteiger partial charge in [0.2, 0.25) is 5.82 Å². The molecule has 0 saturated carbocycles. The van der Waals surface area contributed by atoms with E-state index in [1.54, 1.807) is 38.3 Å². The molecule has 0 aliphatic rings. The van der Waals surface area contributed by atoms with E-state index in [1.807, 2.05) is 13.8 Å². The van der Waals surface area contributed by atoms with Crippen LogP contribution in [0.15, 0.2) is 30.5 Å². The van der Waals surface area contributed by atoms with Gasteiger partial charge >= 0.3 is 5.69 Å². The lowest BCUT2D eigenvalue weighted by atomic mass is 10.2. The normalized spacial score (nSPS) is 10.5. The van der Waals surface area contributed by atoms with Crippen molar-refractivity contribution in [1.82, 2.24) is 4.98 Å². The van der Waals surface area contributed by atoms with Crippen LogP contribution < -0.4 is 14.8 Å². The van der Waals surface area contributed by atoms with Crippen molar-refractivity contribution in [1.29, 1.82) is 0 Å². The third-order valence-corrected chi connectivity index (χ3v) is 3.10. The maximum Gasteiger partial charge on any atom is 0.314 e. The summed E-state index contributed by atoms with van der Waals surface area (Å²) in [5.74, 6) is 1.34. The van der Waals surface area contributed by atoms with E-state index in [-0.39, 0.29) is 17.6 Å². The molecule has 0 radical (unpaired) electrons. The van der Waals surface area contributed by atoms with Crippen LogP contribution in [0.25, 0.3) is 0 Å². The molecule has 0 aliphatic heterocycles. The minimum Gasteiger partial charge on any atom is -0.493 e. The second-order valence-electron chi connectivity index (χ2n) is 5.24. The molecule has 0 aliphatic carbocycles. The topological polar surface area (TPSA) is 86.5 Å². The lowest BCUT2D eigenvalue weighted by molar-refractivity contribution is -0.384. The third kappa shape index (κ3) is 3.88. The van der Waals surface area contributed by atoms with E-state index in [0.717, 1.165) is 0 Å². The molecule has 1 aromatic heterocycles. The molecule has 2 aromatic rings. The van der Waals surface area contributed by atoms with Crippen molar-refractivity contribution in [3.8, 4) is 11.5 Å². The second kappa shape index (κ2) is 6.95.